The molecule has 15 heavy (non-hydrogen) atoms. The maximum atomic E-state index is 11.0. The first-order chi connectivity index (χ1) is 6.95. The Morgan fingerprint density at radius 1 is 1.33 bits per heavy atom. The summed E-state index contributed by atoms with van der Waals surface area (Å²) in [5.74, 6) is -1.37. The van der Waals surface area contributed by atoms with Gasteiger partial charge < -0.3 is 25.5 Å². The van der Waals surface area contributed by atoms with Crippen LogP contribution in [0.3, 0.4) is 0 Å². The predicted octanol–water partition coefficient (Wildman–Crippen LogP) is -2.74. The summed E-state index contributed by atoms with van der Waals surface area (Å²) in [7, 11) is 0. The lowest BCUT2D eigenvalue weighted by Crippen LogP contribution is -2.46. The minimum Gasteiger partial charge on any atom is -0.394 e. The highest BCUT2D eigenvalue weighted by molar-refractivity contribution is 5.87. The summed E-state index contributed by atoms with van der Waals surface area (Å²) in [4.78, 5) is 13.1. The molecule has 0 heterocycles. The molecular formula is C6H11N3O6. The Morgan fingerprint density at radius 3 is 2.27 bits per heavy atom. The summed E-state index contributed by atoms with van der Waals surface area (Å²) in [6.07, 6.45) is -7.99. The number of ketones is 1. The van der Waals surface area contributed by atoms with Crippen molar-refractivity contribution in [3.8, 4) is 0 Å². The van der Waals surface area contributed by atoms with E-state index >= 15 is 0 Å². The lowest BCUT2D eigenvalue weighted by Gasteiger charge is -2.20. The third-order valence-corrected chi connectivity index (χ3v) is 1.61. The minimum absolute atomic E-state index is 0.872. The minimum atomic E-state index is -2.15. The Balaban J connectivity index is 4.49. The summed E-state index contributed by atoms with van der Waals surface area (Å²) in [6, 6.07) is 0. The lowest BCUT2D eigenvalue weighted by molar-refractivity contribution is -0.148. The number of carbonyl (C=O) groups excluding carboxylic acids is 1. The van der Waals surface area contributed by atoms with Crippen LogP contribution in [0.2, 0.25) is 0 Å². The Hall–Kier alpha value is -1.22. The van der Waals surface area contributed by atoms with E-state index in [-0.39, 0.29) is 0 Å². The highest BCUT2D eigenvalue weighted by atomic mass is 16.4. The van der Waals surface area contributed by atoms with Crippen LogP contribution >= 0.6 is 0 Å². The number of hydrogen-bond donors (Lipinski definition) is 5. The van der Waals surface area contributed by atoms with E-state index in [0.29, 0.717) is 0 Å². The molecule has 9 heteroatoms. The number of aliphatic hydroxyl groups is 5. The van der Waals surface area contributed by atoms with Crippen molar-refractivity contribution in [1.82, 2.24) is 0 Å². The fraction of sp³-hybridized carbons (Fsp3) is 0.833. The molecule has 0 amide bonds. The van der Waals surface area contributed by atoms with E-state index in [4.69, 9.17) is 31.1 Å². The molecule has 86 valence electrons. The number of hydrogen-bond acceptors (Lipinski definition) is 7. The van der Waals surface area contributed by atoms with Crippen molar-refractivity contribution in [2.24, 2.45) is 5.11 Å². The smallest absolute Gasteiger partial charge is 0.198 e. The molecule has 4 atom stereocenters. The zero-order chi connectivity index (χ0) is 12.0. The maximum absolute atomic E-state index is 11.0. The largest absolute Gasteiger partial charge is 0.394 e. The van der Waals surface area contributed by atoms with Gasteiger partial charge in [0.2, 0.25) is 0 Å². The van der Waals surface area contributed by atoms with Crippen molar-refractivity contribution >= 4 is 5.78 Å². The summed E-state index contributed by atoms with van der Waals surface area (Å²) >= 11 is 0. The zero-order valence-electron chi connectivity index (χ0n) is 7.50. The van der Waals surface area contributed by atoms with E-state index in [0.717, 1.165) is 0 Å². The van der Waals surface area contributed by atoms with E-state index < -0.39 is 36.9 Å². The van der Waals surface area contributed by atoms with Gasteiger partial charge >= 0.3 is 0 Å². The Labute approximate surface area is 83.8 Å². The third kappa shape index (κ3) is 3.80. The average molecular weight is 221 g/mol. The maximum Gasteiger partial charge on any atom is 0.198 e. The van der Waals surface area contributed by atoms with Crippen LogP contribution in [-0.4, -0.2) is 62.5 Å². The second kappa shape index (κ2) is 6.30. The van der Waals surface area contributed by atoms with Gasteiger partial charge in [0.25, 0.3) is 0 Å². The van der Waals surface area contributed by atoms with Crippen molar-refractivity contribution in [2.45, 2.75) is 24.5 Å². The van der Waals surface area contributed by atoms with Crippen molar-refractivity contribution < 1.29 is 30.3 Å². The third-order valence-electron chi connectivity index (χ3n) is 1.61. The summed E-state index contributed by atoms with van der Waals surface area (Å²) in [5, 5.41) is 46.8. The van der Waals surface area contributed by atoms with Crippen LogP contribution in [0, 0.1) is 0 Å². The summed E-state index contributed by atoms with van der Waals surface area (Å²) in [5.41, 5.74) is 7.87. The van der Waals surface area contributed by atoms with Crippen LogP contribution in [0.4, 0.5) is 0 Å². The Morgan fingerprint density at radius 2 is 1.87 bits per heavy atom. The molecule has 0 aromatic carbocycles. The van der Waals surface area contributed by atoms with Crippen LogP contribution in [0.15, 0.2) is 5.11 Å². The molecule has 0 bridgehead atoms. The monoisotopic (exact) mass is 221 g/mol. The highest BCUT2D eigenvalue weighted by Gasteiger charge is 2.32. The molecule has 0 aliphatic rings. The number of carbonyl (C=O) groups is 1. The van der Waals surface area contributed by atoms with Gasteiger partial charge in [-0.15, -0.1) is 0 Å². The first-order valence-electron chi connectivity index (χ1n) is 3.86. The van der Waals surface area contributed by atoms with Gasteiger partial charge in [-0.3, -0.25) is 4.79 Å². The van der Waals surface area contributed by atoms with Crippen LogP contribution < -0.4 is 0 Å². The van der Waals surface area contributed by atoms with Crippen LogP contribution in [0.25, 0.3) is 10.4 Å². The Kier molecular flexibility index (Phi) is 5.79. The van der Waals surface area contributed by atoms with E-state index in [1.165, 1.54) is 0 Å². The average Bonchev–Trinajstić information content (AvgIpc) is 2.25. The fourth-order valence-electron chi connectivity index (χ4n) is 0.745. The molecule has 0 radical (unpaired) electrons. The number of nitrogens with zero attached hydrogens (tertiary/aromatic N) is 3. The van der Waals surface area contributed by atoms with Crippen molar-refractivity contribution in [2.75, 3.05) is 6.61 Å². The summed E-state index contributed by atoms with van der Waals surface area (Å²) < 4.78 is 0. The van der Waals surface area contributed by atoms with Gasteiger partial charge in [-0.25, -0.2) is 0 Å². The van der Waals surface area contributed by atoms with Crippen LogP contribution in [-0.2, 0) is 4.79 Å². The van der Waals surface area contributed by atoms with Crippen molar-refractivity contribution in [3.63, 3.8) is 0 Å². The molecule has 0 rings (SSSR count). The second-order valence-corrected chi connectivity index (χ2v) is 2.67. The topological polar surface area (TPSA) is 167 Å². The molecule has 0 saturated carbocycles. The van der Waals surface area contributed by atoms with Gasteiger partial charge in [0.1, 0.15) is 18.3 Å². The van der Waals surface area contributed by atoms with Crippen LogP contribution in [0.5, 0.6) is 0 Å². The molecule has 1 unspecified atom stereocenters. The van der Waals surface area contributed by atoms with Crippen molar-refractivity contribution in [1.29, 1.82) is 0 Å². The molecule has 0 fully saturated rings. The number of Topliss-reactive ketones (excluding diaryl/α,β-unsaturated/α-hetero) is 1. The Bertz CT molecular complexity index is 266. The van der Waals surface area contributed by atoms with Gasteiger partial charge in [0, 0.05) is 4.91 Å². The highest BCUT2D eigenvalue weighted by Crippen LogP contribution is 2.04. The molecule has 5 N–H and O–H groups in total. The molecule has 0 aromatic heterocycles. The van der Waals surface area contributed by atoms with E-state index in [1.54, 1.807) is 0 Å². The second-order valence-electron chi connectivity index (χ2n) is 2.67. The van der Waals surface area contributed by atoms with Crippen molar-refractivity contribution in [3.05, 3.63) is 10.4 Å². The van der Waals surface area contributed by atoms with E-state index in [9.17, 15) is 4.79 Å². The molecule has 0 aliphatic carbocycles. The number of rotatable bonds is 6. The SMILES string of the molecule is [N-]=[N+]=NC(O)C(=O)[C@@H](O)[C@H](O)[C@H](O)CO. The molecule has 0 spiro atoms. The predicted molar refractivity (Wildman–Crippen MR) is 45.3 cm³/mol. The first kappa shape index (κ1) is 13.8. The van der Waals surface area contributed by atoms with Gasteiger partial charge in [0.15, 0.2) is 12.0 Å². The fourth-order valence-corrected chi connectivity index (χ4v) is 0.745. The number of azide groups is 1. The molecular weight excluding hydrogens is 210 g/mol. The van der Waals surface area contributed by atoms with Gasteiger partial charge in [-0.05, 0) is 5.53 Å². The molecule has 0 aliphatic heterocycles. The van der Waals surface area contributed by atoms with Gasteiger partial charge in [-0.2, -0.15) is 0 Å². The molecule has 9 nitrogen and oxygen atoms in total. The van der Waals surface area contributed by atoms with Crippen LogP contribution in [0.1, 0.15) is 0 Å². The molecule has 0 saturated heterocycles. The first-order valence-corrected chi connectivity index (χ1v) is 3.86. The lowest BCUT2D eigenvalue weighted by atomic mass is 10.0. The van der Waals surface area contributed by atoms with Gasteiger partial charge in [0.05, 0.1) is 6.61 Å². The normalized spacial score (nSPS) is 18.5. The summed E-state index contributed by atoms with van der Waals surface area (Å²) in [6.45, 7) is -0.872. The number of aliphatic hydroxyl groups excluding tert-OH is 5. The zero-order valence-corrected chi connectivity index (χ0v) is 7.50. The standard InChI is InChI=1S/C6H11N3O6/c7-9-8-6(15)5(14)4(13)3(12)2(11)1-10/h2-4,6,10-13,15H,1H2/t2-,3-,4+,6?/m1/s1. The molecule has 0 aromatic rings. The van der Waals surface area contributed by atoms with E-state index in [1.807, 2.05) is 0 Å². The van der Waals surface area contributed by atoms with E-state index in [2.05, 4.69) is 10.0 Å². The quantitative estimate of drug-likeness (QED) is 0.185. The van der Waals surface area contributed by atoms with Gasteiger partial charge in [-0.1, -0.05) is 5.11 Å².